The molecule has 0 bridgehead atoms. The molecule has 6 nitrogen and oxygen atoms in total. The Morgan fingerprint density at radius 3 is 3.09 bits per heavy atom. The number of nitrogens with one attached hydrogen (secondary N) is 2. The van der Waals surface area contributed by atoms with Gasteiger partial charge in [-0.3, -0.25) is 4.79 Å². The fourth-order valence-electron chi connectivity index (χ4n) is 3.09. The van der Waals surface area contributed by atoms with Crippen molar-refractivity contribution in [2.24, 2.45) is 0 Å². The van der Waals surface area contributed by atoms with Crippen molar-refractivity contribution in [2.75, 3.05) is 11.9 Å². The van der Waals surface area contributed by atoms with Crippen LogP contribution in [0.15, 0.2) is 30.6 Å². The number of nitrogens with zero attached hydrogens (tertiary/aromatic N) is 2. The molecule has 1 saturated heterocycles. The monoisotopic (exact) mass is 310 g/mol. The molecule has 0 aliphatic carbocycles. The third-order valence-electron chi connectivity index (χ3n) is 4.34. The molecule has 1 atom stereocenters. The number of carbonyl (C=O) groups is 1. The molecule has 118 valence electrons. The Bertz CT molecular complexity index is 747. The SMILES string of the molecule is O=C1NCCC[C@H]1Nc1ncnc2c1Cc1ccccc1OC2. The summed E-state index contributed by atoms with van der Waals surface area (Å²) < 4.78 is 5.84. The van der Waals surface area contributed by atoms with Gasteiger partial charge in [0, 0.05) is 18.5 Å². The smallest absolute Gasteiger partial charge is 0.242 e. The molecule has 23 heavy (non-hydrogen) atoms. The number of carbonyl (C=O) groups excluding carboxylic acids is 1. The van der Waals surface area contributed by atoms with Crippen LogP contribution in [0.1, 0.15) is 29.7 Å². The van der Waals surface area contributed by atoms with Gasteiger partial charge in [-0.15, -0.1) is 0 Å². The van der Waals surface area contributed by atoms with Crippen molar-refractivity contribution in [1.82, 2.24) is 15.3 Å². The summed E-state index contributed by atoms with van der Waals surface area (Å²) in [5.74, 6) is 1.65. The summed E-state index contributed by atoms with van der Waals surface area (Å²) in [4.78, 5) is 20.7. The lowest BCUT2D eigenvalue weighted by molar-refractivity contribution is -0.123. The molecule has 0 spiro atoms. The molecule has 2 aromatic rings. The van der Waals surface area contributed by atoms with Crippen LogP contribution >= 0.6 is 0 Å². The highest BCUT2D eigenvalue weighted by molar-refractivity contribution is 5.85. The maximum atomic E-state index is 12.0. The lowest BCUT2D eigenvalue weighted by Gasteiger charge is -2.24. The second kappa shape index (κ2) is 5.87. The number of hydrogen-bond acceptors (Lipinski definition) is 5. The van der Waals surface area contributed by atoms with Crippen molar-refractivity contribution in [3.63, 3.8) is 0 Å². The van der Waals surface area contributed by atoms with E-state index in [1.807, 2.05) is 18.2 Å². The van der Waals surface area contributed by atoms with E-state index in [0.29, 0.717) is 13.0 Å². The van der Waals surface area contributed by atoms with E-state index in [0.717, 1.165) is 47.8 Å². The van der Waals surface area contributed by atoms with Crippen LogP contribution in [-0.4, -0.2) is 28.5 Å². The molecule has 2 aliphatic heterocycles. The predicted molar refractivity (Wildman–Crippen MR) is 85.3 cm³/mol. The van der Waals surface area contributed by atoms with Gasteiger partial charge in [0.05, 0.1) is 5.69 Å². The Hall–Kier alpha value is -2.63. The zero-order valence-electron chi connectivity index (χ0n) is 12.7. The maximum absolute atomic E-state index is 12.0. The zero-order valence-corrected chi connectivity index (χ0v) is 12.7. The highest BCUT2D eigenvalue weighted by Gasteiger charge is 2.25. The lowest BCUT2D eigenvalue weighted by atomic mass is 10.0. The van der Waals surface area contributed by atoms with Crippen LogP contribution in [0.4, 0.5) is 5.82 Å². The van der Waals surface area contributed by atoms with Gasteiger partial charge in [0.25, 0.3) is 0 Å². The number of benzene rings is 1. The minimum absolute atomic E-state index is 0.0360. The number of fused-ring (bicyclic) bond motifs is 2. The van der Waals surface area contributed by atoms with E-state index in [1.54, 1.807) is 0 Å². The summed E-state index contributed by atoms with van der Waals surface area (Å²) in [5, 5.41) is 6.19. The van der Waals surface area contributed by atoms with Gasteiger partial charge in [0.15, 0.2) is 0 Å². The number of para-hydroxylation sites is 1. The van der Waals surface area contributed by atoms with Crippen LogP contribution in [0, 0.1) is 0 Å². The number of rotatable bonds is 2. The van der Waals surface area contributed by atoms with Gasteiger partial charge in [-0.1, -0.05) is 18.2 Å². The van der Waals surface area contributed by atoms with Crippen molar-refractivity contribution < 1.29 is 9.53 Å². The fourth-order valence-corrected chi connectivity index (χ4v) is 3.09. The molecule has 6 heteroatoms. The van der Waals surface area contributed by atoms with E-state index >= 15 is 0 Å². The van der Waals surface area contributed by atoms with Crippen molar-refractivity contribution in [3.05, 3.63) is 47.4 Å². The van der Waals surface area contributed by atoms with Crippen molar-refractivity contribution in [2.45, 2.75) is 31.9 Å². The summed E-state index contributed by atoms with van der Waals surface area (Å²) in [6, 6.07) is 7.75. The van der Waals surface area contributed by atoms with Gasteiger partial charge in [-0.05, 0) is 24.5 Å². The quantitative estimate of drug-likeness (QED) is 0.882. The lowest BCUT2D eigenvalue weighted by Crippen LogP contribution is -2.44. The molecule has 3 heterocycles. The van der Waals surface area contributed by atoms with Crippen LogP contribution in [0.3, 0.4) is 0 Å². The minimum Gasteiger partial charge on any atom is -0.487 e. The maximum Gasteiger partial charge on any atom is 0.242 e. The van der Waals surface area contributed by atoms with Gasteiger partial charge in [0.2, 0.25) is 5.91 Å². The first-order valence-electron chi connectivity index (χ1n) is 7.89. The summed E-state index contributed by atoms with van der Waals surface area (Å²) >= 11 is 0. The number of anilines is 1. The average molecular weight is 310 g/mol. The standard InChI is InChI=1S/C17H18N4O2/c22-17-13(5-3-7-18-17)21-16-12-8-11-4-1-2-6-15(11)23-9-14(12)19-10-20-16/h1-2,4,6,10,13H,3,5,7-9H2,(H,18,22)(H,19,20,21)/t13-/m1/s1. The van der Waals surface area contributed by atoms with Crippen molar-refractivity contribution in [3.8, 4) is 5.75 Å². The van der Waals surface area contributed by atoms with E-state index in [2.05, 4.69) is 26.7 Å². The summed E-state index contributed by atoms with van der Waals surface area (Å²) in [6.07, 6.45) is 4.02. The summed E-state index contributed by atoms with van der Waals surface area (Å²) in [6.45, 7) is 1.17. The molecule has 1 aromatic heterocycles. The average Bonchev–Trinajstić information content (AvgIpc) is 2.77. The minimum atomic E-state index is -0.234. The van der Waals surface area contributed by atoms with Crippen LogP contribution in [0.2, 0.25) is 0 Å². The molecule has 1 aromatic carbocycles. The molecular weight excluding hydrogens is 292 g/mol. The van der Waals surface area contributed by atoms with Crippen LogP contribution in [-0.2, 0) is 17.8 Å². The normalized spacial score (nSPS) is 19.7. The first-order valence-corrected chi connectivity index (χ1v) is 7.89. The predicted octanol–water partition coefficient (Wildman–Crippen LogP) is 1.65. The Morgan fingerprint density at radius 1 is 1.26 bits per heavy atom. The number of amides is 1. The number of hydrogen-bond donors (Lipinski definition) is 2. The molecule has 0 saturated carbocycles. The van der Waals surface area contributed by atoms with Gasteiger partial charge in [-0.25, -0.2) is 9.97 Å². The van der Waals surface area contributed by atoms with Gasteiger partial charge in [0.1, 0.15) is 30.5 Å². The number of aromatic nitrogens is 2. The molecule has 0 unspecified atom stereocenters. The van der Waals surface area contributed by atoms with Gasteiger partial charge in [-0.2, -0.15) is 0 Å². The van der Waals surface area contributed by atoms with E-state index in [4.69, 9.17) is 4.74 Å². The first kappa shape index (κ1) is 14.0. The molecular formula is C17H18N4O2. The van der Waals surface area contributed by atoms with Gasteiger partial charge >= 0.3 is 0 Å². The van der Waals surface area contributed by atoms with Crippen LogP contribution < -0.4 is 15.4 Å². The molecule has 2 aliphatic rings. The zero-order chi connectivity index (χ0) is 15.6. The summed E-state index contributed by atoms with van der Waals surface area (Å²) in [7, 11) is 0. The van der Waals surface area contributed by atoms with E-state index in [1.165, 1.54) is 6.33 Å². The topological polar surface area (TPSA) is 76.1 Å². The Morgan fingerprint density at radius 2 is 2.17 bits per heavy atom. The second-order valence-corrected chi connectivity index (χ2v) is 5.85. The van der Waals surface area contributed by atoms with Crippen molar-refractivity contribution >= 4 is 11.7 Å². The van der Waals surface area contributed by atoms with E-state index < -0.39 is 0 Å². The third kappa shape index (κ3) is 2.72. The molecule has 1 amide bonds. The first-order chi connectivity index (χ1) is 11.3. The summed E-state index contributed by atoms with van der Waals surface area (Å²) in [5.41, 5.74) is 2.99. The van der Waals surface area contributed by atoms with Crippen LogP contribution in [0.5, 0.6) is 5.75 Å². The Kier molecular flexibility index (Phi) is 3.57. The number of piperidine rings is 1. The largest absolute Gasteiger partial charge is 0.487 e. The molecule has 1 fully saturated rings. The fraction of sp³-hybridized carbons (Fsp3) is 0.353. The third-order valence-corrected chi connectivity index (χ3v) is 4.34. The van der Waals surface area contributed by atoms with Crippen molar-refractivity contribution in [1.29, 1.82) is 0 Å². The van der Waals surface area contributed by atoms with E-state index in [9.17, 15) is 4.79 Å². The molecule has 0 radical (unpaired) electrons. The Balaban J connectivity index is 1.67. The Labute approximate surface area is 134 Å². The highest BCUT2D eigenvalue weighted by atomic mass is 16.5. The molecule has 2 N–H and O–H groups in total. The van der Waals surface area contributed by atoms with E-state index in [-0.39, 0.29) is 11.9 Å². The molecule has 4 rings (SSSR count). The van der Waals surface area contributed by atoms with Gasteiger partial charge < -0.3 is 15.4 Å². The second-order valence-electron chi connectivity index (χ2n) is 5.85. The number of ether oxygens (including phenoxy) is 1. The highest BCUT2D eigenvalue weighted by Crippen LogP contribution is 2.30. The van der Waals surface area contributed by atoms with Crippen LogP contribution in [0.25, 0.3) is 0 Å².